The van der Waals surface area contributed by atoms with Crippen LogP contribution < -0.4 is 14.8 Å². The molecule has 0 aliphatic carbocycles. The average Bonchev–Trinajstić information content (AvgIpc) is 3.07. The zero-order chi connectivity index (χ0) is 17.1. The van der Waals surface area contributed by atoms with E-state index in [2.05, 4.69) is 28.6 Å². The average molecular weight is 346 g/mol. The summed E-state index contributed by atoms with van der Waals surface area (Å²) in [5, 5.41) is 5.07. The Labute approximate surface area is 146 Å². The van der Waals surface area contributed by atoms with Crippen LogP contribution in [0.15, 0.2) is 29.6 Å². The highest BCUT2D eigenvalue weighted by molar-refractivity contribution is 7.10. The maximum Gasteiger partial charge on any atom is 0.238 e. The number of hydrogen-bond donors (Lipinski definition) is 1. The van der Waals surface area contributed by atoms with E-state index in [1.54, 1.807) is 43.8 Å². The van der Waals surface area contributed by atoms with Crippen molar-refractivity contribution in [3.8, 4) is 11.5 Å². The lowest BCUT2D eigenvalue weighted by molar-refractivity contribution is -0.117. The maximum absolute atomic E-state index is 12.5. The minimum absolute atomic E-state index is 0.0380. The van der Waals surface area contributed by atoms with Crippen LogP contribution in [-0.2, 0) is 11.2 Å². The Morgan fingerprint density at radius 1 is 1.33 bits per heavy atom. The number of hydrogen-bond acceptors (Lipinski definition) is 5. The Bertz CT molecular complexity index is 729. The van der Waals surface area contributed by atoms with Crippen LogP contribution in [0.25, 0.3) is 0 Å². The van der Waals surface area contributed by atoms with Crippen LogP contribution in [0.2, 0.25) is 0 Å². The third-order valence-electron chi connectivity index (χ3n) is 4.43. The van der Waals surface area contributed by atoms with E-state index >= 15 is 0 Å². The van der Waals surface area contributed by atoms with Gasteiger partial charge in [-0.2, -0.15) is 0 Å². The third-order valence-corrected chi connectivity index (χ3v) is 5.43. The highest BCUT2D eigenvalue weighted by Gasteiger charge is 2.26. The van der Waals surface area contributed by atoms with E-state index in [4.69, 9.17) is 9.47 Å². The largest absolute Gasteiger partial charge is 0.497 e. The first kappa shape index (κ1) is 16.8. The van der Waals surface area contributed by atoms with E-state index < -0.39 is 0 Å². The SMILES string of the molecule is COc1ccc(NC(=O)CN2CCc3sccc3C2C)c(OC)c1. The number of benzene rings is 1. The first-order valence-electron chi connectivity index (χ1n) is 7.94. The molecule has 2 heterocycles. The fraction of sp³-hybridized carbons (Fsp3) is 0.389. The summed E-state index contributed by atoms with van der Waals surface area (Å²) in [5.74, 6) is 1.25. The summed E-state index contributed by atoms with van der Waals surface area (Å²) < 4.78 is 10.5. The highest BCUT2D eigenvalue weighted by Crippen LogP contribution is 2.33. The molecule has 1 aromatic carbocycles. The summed E-state index contributed by atoms with van der Waals surface area (Å²) in [4.78, 5) is 16.1. The van der Waals surface area contributed by atoms with Crippen LogP contribution in [-0.4, -0.2) is 38.1 Å². The molecule has 1 atom stereocenters. The van der Waals surface area contributed by atoms with Crippen molar-refractivity contribution < 1.29 is 14.3 Å². The number of amides is 1. The number of nitrogens with one attached hydrogen (secondary N) is 1. The van der Waals surface area contributed by atoms with Crippen LogP contribution in [0, 0.1) is 0 Å². The lowest BCUT2D eigenvalue weighted by Gasteiger charge is -2.32. The summed E-state index contributed by atoms with van der Waals surface area (Å²) in [5.41, 5.74) is 2.00. The van der Waals surface area contributed by atoms with Crippen molar-refractivity contribution in [2.75, 3.05) is 32.6 Å². The fourth-order valence-electron chi connectivity index (χ4n) is 3.05. The molecule has 1 aliphatic heterocycles. The number of carbonyl (C=O) groups is 1. The first-order valence-corrected chi connectivity index (χ1v) is 8.82. The molecule has 1 unspecified atom stereocenters. The van der Waals surface area contributed by atoms with E-state index in [0.717, 1.165) is 13.0 Å². The number of fused-ring (bicyclic) bond motifs is 1. The molecule has 0 saturated heterocycles. The van der Waals surface area contributed by atoms with Crippen molar-refractivity contribution in [3.05, 3.63) is 40.1 Å². The lowest BCUT2D eigenvalue weighted by atomic mass is 10.0. The number of nitrogens with zero attached hydrogens (tertiary/aromatic N) is 1. The Balaban J connectivity index is 1.66. The van der Waals surface area contributed by atoms with Crippen molar-refractivity contribution in [2.45, 2.75) is 19.4 Å². The van der Waals surface area contributed by atoms with E-state index in [0.29, 0.717) is 23.7 Å². The molecule has 0 bridgehead atoms. The van der Waals surface area contributed by atoms with Crippen molar-refractivity contribution in [1.82, 2.24) is 4.90 Å². The minimum Gasteiger partial charge on any atom is -0.497 e. The maximum atomic E-state index is 12.5. The van der Waals surface area contributed by atoms with Gasteiger partial charge in [0.1, 0.15) is 11.5 Å². The molecule has 1 N–H and O–H groups in total. The quantitative estimate of drug-likeness (QED) is 0.902. The molecule has 0 saturated carbocycles. The van der Waals surface area contributed by atoms with Crippen molar-refractivity contribution in [2.24, 2.45) is 0 Å². The predicted octanol–water partition coefficient (Wildman–Crippen LogP) is 3.32. The second-order valence-electron chi connectivity index (χ2n) is 5.81. The van der Waals surface area contributed by atoms with Gasteiger partial charge in [0, 0.05) is 23.5 Å². The Morgan fingerprint density at radius 2 is 2.17 bits per heavy atom. The molecular weight excluding hydrogens is 324 g/mol. The standard InChI is InChI=1S/C18H22N2O3S/c1-12-14-7-9-24-17(14)6-8-20(12)11-18(21)19-15-5-4-13(22-2)10-16(15)23-3/h4-5,7,9-10,12H,6,8,11H2,1-3H3,(H,19,21). The van der Waals surface area contributed by atoms with Crippen molar-refractivity contribution in [1.29, 1.82) is 0 Å². The van der Waals surface area contributed by atoms with E-state index in [9.17, 15) is 4.79 Å². The zero-order valence-electron chi connectivity index (χ0n) is 14.2. The van der Waals surface area contributed by atoms with E-state index in [-0.39, 0.29) is 11.9 Å². The van der Waals surface area contributed by atoms with Crippen LogP contribution in [0.3, 0.4) is 0 Å². The van der Waals surface area contributed by atoms with Crippen LogP contribution in [0.5, 0.6) is 11.5 Å². The van der Waals surface area contributed by atoms with Crippen LogP contribution >= 0.6 is 11.3 Å². The van der Waals surface area contributed by atoms with Gasteiger partial charge in [-0.05, 0) is 42.5 Å². The number of carbonyl (C=O) groups excluding carboxylic acids is 1. The van der Waals surface area contributed by atoms with Gasteiger partial charge >= 0.3 is 0 Å². The number of methoxy groups -OCH3 is 2. The van der Waals surface area contributed by atoms with E-state index in [1.807, 2.05) is 0 Å². The molecule has 24 heavy (non-hydrogen) atoms. The number of thiophene rings is 1. The third kappa shape index (κ3) is 3.39. The normalized spacial score (nSPS) is 17.2. The van der Waals surface area contributed by atoms with Crippen LogP contribution in [0.4, 0.5) is 5.69 Å². The van der Waals surface area contributed by atoms with Crippen molar-refractivity contribution >= 4 is 22.9 Å². The van der Waals surface area contributed by atoms with Gasteiger partial charge in [-0.15, -0.1) is 11.3 Å². The smallest absolute Gasteiger partial charge is 0.238 e. The van der Waals surface area contributed by atoms with Gasteiger partial charge in [0.2, 0.25) is 5.91 Å². The van der Waals surface area contributed by atoms with Gasteiger partial charge in [-0.1, -0.05) is 0 Å². The van der Waals surface area contributed by atoms with Gasteiger partial charge in [0.05, 0.1) is 26.5 Å². The Hall–Kier alpha value is -2.05. The second-order valence-corrected chi connectivity index (χ2v) is 6.81. The summed E-state index contributed by atoms with van der Waals surface area (Å²) in [7, 11) is 3.18. The summed E-state index contributed by atoms with van der Waals surface area (Å²) in [6, 6.07) is 7.80. The van der Waals surface area contributed by atoms with Crippen LogP contribution in [0.1, 0.15) is 23.4 Å². The molecule has 1 amide bonds. The fourth-order valence-corrected chi connectivity index (χ4v) is 4.02. The first-order chi connectivity index (χ1) is 11.6. The Kier molecular flexibility index (Phi) is 5.06. The van der Waals surface area contributed by atoms with Gasteiger partial charge in [0.15, 0.2) is 0 Å². The number of rotatable bonds is 5. The summed E-state index contributed by atoms with van der Waals surface area (Å²) >= 11 is 1.81. The molecule has 0 fully saturated rings. The predicted molar refractivity (Wildman–Crippen MR) is 96.2 cm³/mol. The molecular formula is C18H22N2O3S. The molecule has 1 aliphatic rings. The van der Waals surface area contributed by atoms with Crippen molar-refractivity contribution in [3.63, 3.8) is 0 Å². The Morgan fingerprint density at radius 3 is 2.92 bits per heavy atom. The lowest BCUT2D eigenvalue weighted by Crippen LogP contribution is -2.39. The second kappa shape index (κ2) is 7.23. The topological polar surface area (TPSA) is 50.8 Å². The molecule has 5 nitrogen and oxygen atoms in total. The zero-order valence-corrected chi connectivity index (χ0v) is 15.0. The monoisotopic (exact) mass is 346 g/mol. The summed E-state index contributed by atoms with van der Waals surface area (Å²) in [6.45, 7) is 3.43. The molecule has 128 valence electrons. The molecule has 3 rings (SSSR count). The molecule has 1 aromatic heterocycles. The highest BCUT2D eigenvalue weighted by atomic mass is 32.1. The molecule has 0 radical (unpaired) electrons. The molecule has 0 spiro atoms. The number of ether oxygens (including phenoxy) is 2. The number of anilines is 1. The van der Waals surface area contributed by atoms with Gasteiger partial charge in [-0.25, -0.2) is 0 Å². The molecule has 6 heteroatoms. The van der Waals surface area contributed by atoms with Gasteiger partial charge < -0.3 is 14.8 Å². The molecule has 2 aromatic rings. The minimum atomic E-state index is -0.0380. The van der Waals surface area contributed by atoms with Gasteiger partial charge in [0.25, 0.3) is 0 Å². The summed E-state index contributed by atoms with van der Waals surface area (Å²) in [6.07, 6.45) is 1.01. The van der Waals surface area contributed by atoms with E-state index in [1.165, 1.54) is 10.4 Å². The van der Waals surface area contributed by atoms with Gasteiger partial charge in [-0.3, -0.25) is 9.69 Å².